The van der Waals surface area contributed by atoms with E-state index in [-0.39, 0.29) is 6.10 Å². The van der Waals surface area contributed by atoms with Gasteiger partial charge in [0, 0.05) is 24.6 Å². The molecular formula is C17H21N3O. The second kappa shape index (κ2) is 4.79. The molecule has 4 heterocycles. The normalized spacial score (nSPS) is 17.4. The maximum Gasteiger partial charge on any atom is 0.120 e. The number of hydrogen-bond acceptors (Lipinski definition) is 3. The van der Waals surface area contributed by atoms with Gasteiger partial charge in [0.1, 0.15) is 11.4 Å². The average Bonchev–Trinajstić information content (AvgIpc) is 2.95. The number of nitrogens with zero attached hydrogens (tertiary/aromatic N) is 2. The van der Waals surface area contributed by atoms with Gasteiger partial charge in [0.25, 0.3) is 0 Å². The van der Waals surface area contributed by atoms with Crippen molar-refractivity contribution in [2.75, 3.05) is 18.0 Å². The lowest BCUT2D eigenvalue weighted by molar-refractivity contribution is 0.242. The molecule has 1 aromatic heterocycles. The van der Waals surface area contributed by atoms with E-state index in [1.807, 2.05) is 26.0 Å². The van der Waals surface area contributed by atoms with Crippen LogP contribution in [0.25, 0.3) is 11.3 Å². The highest BCUT2D eigenvalue weighted by Gasteiger charge is 2.35. The van der Waals surface area contributed by atoms with E-state index in [1.54, 1.807) is 0 Å². The van der Waals surface area contributed by atoms with Crippen molar-refractivity contribution in [3.63, 3.8) is 0 Å². The van der Waals surface area contributed by atoms with Crippen molar-refractivity contribution in [2.45, 2.75) is 38.7 Å². The van der Waals surface area contributed by atoms with Gasteiger partial charge < -0.3 is 9.64 Å². The van der Waals surface area contributed by atoms with Gasteiger partial charge in [-0.25, -0.2) is 0 Å². The van der Waals surface area contributed by atoms with Crippen LogP contribution in [0.2, 0.25) is 0 Å². The van der Waals surface area contributed by atoms with E-state index in [0.29, 0.717) is 5.92 Å². The van der Waals surface area contributed by atoms with Gasteiger partial charge in [-0.2, -0.15) is 5.10 Å². The molecule has 1 saturated heterocycles. The second-order valence-electron chi connectivity index (χ2n) is 6.29. The van der Waals surface area contributed by atoms with E-state index < -0.39 is 0 Å². The number of piperidine rings is 1. The number of fused-ring (bicyclic) bond motifs is 2. The van der Waals surface area contributed by atoms with Gasteiger partial charge in [-0.15, -0.1) is 0 Å². The van der Waals surface area contributed by atoms with E-state index in [2.05, 4.69) is 27.2 Å². The highest BCUT2D eigenvalue weighted by Crippen LogP contribution is 2.45. The van der Waals surface area contributed by atoms with Crippen LogP contribution in [0.4, 0.5) is 5.69 Å². The minimum absolute atomic E-state index is 0.188. The highest BCUT2D eigenvalue weighted by molar-refractivity contribution is 5.79. The van der Waals surface area contributed by atoms with Crippen molar-refractivity contribution < 1.29 is 4.74 Å². The molecule has 3 aliphatic heterocycles. The lowest BCUT2D eigenvalue weighted by Crippen LogP contribution is -2.38. The van der Waals surface area contributed by atoms with Crippen LogP contribution in [0.15, 0.2) is 24.3 Å². The van der Waals surface area contributed by atoms with Crippen LogP contribution in [0.5, 0.6) is 5.75 Å². The SMILES string of the molecule is CC(C)Oc1cccc(-c2n[nH]c3c2N2CCC3CC2)c1. The van der Waals surface area contributed by atoms with Crippen LogP contribution >= 0.6 is 0 Å². The van der Waals surface area contributed by atoms with Crippen LogP contribution in [0.3, 0.4) is 0 Å². The summed E-state index contributed by atoms with van der Waals surface area (Å²) in [5.41, 5.74) is 4.86. The summed E-state index contributed by atoms with van der Waals surface area (Å²) >= 11 is 0. The number of aromatic amines is 1. The lowest BCUT2D eigenvalue weighted by Gasteiger charge is -2.40. The molecule has 0 unspecified atom stereocenters. The molecule has 0 amide bonds. The summed E-state index contributed by atoms with van der Waals surface area (Å²) in [6, 6.07) is 8.27. The molecule has 2 aromatic rings. The predicted octanol–water partition coefficient (Wildman–Crippen LogP) is 3.56. The molecule has 3 aliphatic rings. The van der Waals surface area contributed by atoms with Crippen molar-refractivity contribution in [2.24, 2.45) is 0 Å². The smallest absolute Gasteiger partial charge is 0.120 e. The number of anilines is 1. The third kappa shape index (κ3) is 2.09. The fourth-order valence-electron chi connectivity index (χ4n) is 3.54. The molecule has 110 valence electrons. The maximum atomic E-state index is 5.81. The summed E-state index contributed by atoms with van der Waals surface area (Å²) in [5.74, 6) is 1.58. The minimum Gasteiger partial charge on any atom is -0.491 e. The Hall–Kier alpha value is -1.97. The molecule has 0 atom stereocenters. The Balaban J connectivity index is 1.75. The maximum absolute atomic E-state index is 5.81. The molecule has 0 spiro atoms. The van der Waals surface area contributed by atoms with E-state index in [0.717, 1.165) is 30.1 Å². The van der Waals surface area contributed by atoms with Crippen LogP contribution < -0.4 is 9.64 Å². The summed E-state index contributed by atoms with van der Waals surface area (Å²) in [7, 11) is 0. The summed E-state index contributed by atoms with van der Waals surface area (Å²) in [4.78, 5) is 2.48. The molecule has 0 aliphatic carbocycles. The first-order chi connectivity index (χ1) is 10.2. The van der Waals surface area contributed by atoms with Crippen molar-refractivity contribution in [3.8, 4) is 17.0 Å². The average molecular weight is 283 g/mol. The molecule has 4 heteroatoms. The Bertz CT molecular complexity index is 654. The van der Waals surface area contributed by atoms with Gasteiger partial charge in [-0.1, -0.05) is 12.1 Å². The number of ether oxygens (including phenoxy) is 1. The Labute approximate surface area is 125 Å². The van der Waals surface area contributed by atoms with Crippen molar-refractivity contribution in [3.05, 3.63) is 30.0 Å². The van der Waals surface area contributed by atoms with Gasteiger partial charge >= 0.3 is 0 Å². The number of aromatic nitrogens is 2. The first-order valence-corrected chi connectivity index (χ1v) is 7.82. The largest absolute Gasteiger partial charge is 0.491 e. The number of H-pyrrole nitrogens is 1. The van der Waals surface area contributed by atoms with Crippen molar-refractivity contribution in [1.29, 1.82) is 0 Å². The zero-order valence-electron chi connectivity index (χ0n) is 12.6. The third-order valence-corrected chi connectivity index (χ3v) is 4.47. The summed E-state index contributed by atoms with van der Waals surface area (Å²) in [6.07, 6.45) is 2.70. The minimum atomic E-state index is 0.188. The molecule has 21 heavy (non-hydrogen) atoms. The molecule has 0 saturated carbocycles. The topological polar surface area (TPSA) is 41.1 Å². The second-order valence-corrected chi connectivity index (χ2v) is 6.29. The lowest BCUT2D eigenvalue weighted by atomic mass is 9.86. The Morgan fingerprint density at radius 3 is 2.86 bits per heavy atom. The van der Waals surface area contributed by atoms with Crippen LogP contribution in [-0.4, -0.2) is 29.4 Å². The van der Waals surface area contributed by atoms with E-state index >= 15 is 0 Å². The third-order valence-electron chi connectivity index (χ3n) is 4.47. The Kier molecular flexibility index (Phi) is 2.91. The van der Waals surface area contributed by atoms with Gasteiger partial charge in [-0.3, -0.25) is 5.10 Å². The zero-order chi connectivity index (χ0) is 14.4. The number of hydrogen-bond donors (Lipinski definition) is 1. The number of rotatable bonds is 3. The molecule has 2 bridgehead atoms. The van der Waals surface area contributed by atoms with Gasteiger partial charge in [0.15, 0.2) is 0 Å². The summed E-state index contributed by atoms with van der Waals surface area (Å²) in [6.45, 7) is 6.42. The van der Waals surface area contributed by atoms with E-state index in [9.17, 15) is 0 Å². The molecule has 5 rings (SSSR count). The molecule has 0 radical (unpaired) electrons. The fraction of sp³-hybridized carbons (Fsp3) is 0.471. The summed E-state index contributed by atoms with van der Waals surface area (Å²) < 4.78 is 5.81. The number of benzene rings is 1. The van der Waals surface area contributed by atoms with Gasteiger partial charge in [-0.05, 0) is 38.8 Å². The van der Waals surface area contributed by atoms with Crippen molar-refractivity contribution in [1.82, 2.24) is 10.2 Å². The Morgan fingerprint density at radius 1 is 1.29 bits per heavy atom. The predicted molar refractivity (Wildman–Crippen MR) is 84.0 cm³/mol. The monoisotopic (exact) mass is 283 g/mol. The van der Waals surface area contributed by atoms with Gasteiger partial charge in [0.2, 0.25) is 0 Å². The molecule has 1 aromatic carbocycles. The molecule has 1 N–H and O–H groups in total. The number of nitrogens with one attached hydrogen (secondary N) is 1. The zero-order valence-corrected chi connectivity index (χ0v) is 12.6. The standard InChI is InChI=1S/C17H21N3O/c1-11(2)21-14-5-3-4-13(10-14)16-17-15(18-19-16)12-6-8-20(17)9-7-12/h3-5,10-12H,6-9H2,1-2H3,(H,18,19). The molecular weight excluding hydrogens is 262 g/mol. The molecule has 1 fully saturated rings. The quantitative estimate of drug-likeness (QED) is 0.936. The van der Waals surface area contributed by atoms with Crippen LogP contribution in [-0.2, 0) is 0 Å². The van der Waals surface area contributed by atoms with E-state index in [4.69, 9.17) is 4.74 Å². The highest BCUT2D eigenvalue weighted by atomic mass is 16.5. The first kappa shape index (κ1) is 12.7. The first-order valence-electron chi connectivity index (χ1n) is 7.82. The van der Waals surface area contributed by atoms with Crippen LogP contribution in [0, 0.1) is 0 Å². The van der Waals surface area contributed by atoms with E-state index in [1.165, 1.54) is 24.2 Å². The summed E-state index contributed by atoms with van der Waals surface area (Å²) in [5, 5.41) is 7.89. The van der Waals surface area contributed by atoms with Crippen LogP contribution in [0.1, 0.15) is 38.3 Å². The fourth-order valence-corrected chi connectivity index (χ4v) is 3.54. The van der Waals surface area contributed by atoms with Gasteiger partial charge in [0.05, 0.1) is 17.5 Å². The Morgan fingerprint density at radius 2 is 2.10 bits per heavy atom. The molecule has 4 nitrogen and oxygen atoms in total. The van der Waals surface area contributed by atoms with Crippen molar-refractivity contribution >= 4 is 5.69 Å².